The molecule has 6 nitrogen and oxygen atoms in total. The Morgan fingerprint density at radius 1 is 1.03 bits per heavy atom. The van der Waals surface area contributed by atoms with Crippen molar-refractivity contribution in [3.05, 3.63) is 90.5 Å². The van der Waals surface area contributed by atoms with Crippen LogP contribution in [-0.2, 0) is 11.3 Å². The molecule has 31 heavy (non-hydrogen) atoms. The van der Waals surface area contributed by atoms with Gasteiger partial charge in [-0.1, -0.05) is 42.1 Å². The van der Waals surface area contributed by atoms with Crippen LogP contribution in [-0.4, -0.2) is 43.4 Å². The fraction of sp³-hybridized carbons (Fsp3) is 0.130. The van der Waals surface area contributed by atoms with Crippen molar-refractivity contribution >= 4 is 17.7 Å². The number of thioether (sulfide) groups is 1. The van der Waals surface area contributed by atoms with E-state index in [0.29, 0.717) is 17.5 Å². The molecule has 0 atom stereocenters. The second kappa shape index (κ2) is 9.53. The van der Waals surface area contributed by atoms with Crippen molar-refractivity contribution in [3.63, 3.8) is 0 Å². The Balaban J connectivity index is 1.52. The van der Waals surface area contributed by atoms with Gasteiger partial charge in [0.25, 0.3) is 0 Å². The van der Waals surface area contributed by atoms with Crippen molar-refractivity contribution in [3.8, 4) is 17.1 Å². The average Bonchev–Trinajstić information content (AvgIpc) is 3.24. The molecule has 4 rings (SSSR count). The van der Waals surface area contributed by atoms with Crippen LogP contribution in [0.1, 0.15) is 5.56 Å². The third kappa shape index (κ3) is 4.97. The van der Waals surface area contributed by atoms with E-state index in [0.717, 1.165) is 16.8 Å². The lowest BCUT2D eigenvalue weighted by atomic mass is 10.2. The van der Waals surface area contributed by atoms with E-state index >= 15 is 0 Å². The maximum atomic E-state index is 13.1. The summed E-state index contributed by atoms with van der Waals surface area (Å²) in [6.45, 7) is 0.409. The molecule has 1 amide bonds. The summed E-state index contributed by atoms with van der Waals surface area (Å²) in [5.74, 6) is 0.516. The third-order valence-corrected chi connectivity index (χ3v) is 5.56. The van der Waals surface area contributed by atoms with Gasteiger partial charge in [0.2, 0.25) is 5.91 Å². The maximum Gasteiger partial charge on any atom is 0.233 e. The highest BCUT2D eigenvalue weighted by molar-refractivity contribution is 7.99. The minimum atomic E-state index is -0.294. The lowest BCUT2D eigenvalue weighted by Gasteiger charge is -2.17. The largest absolute Gasteiger partial charge is 0.341 e. The van der Waals surface area contributed by atoms with Crippen molar-refractivity contribution in [1.82, 2.24) is 24.6 Å². The maximum absolute atomic E-state index is 13.1. The highest BCUT2D eigenvalue weighted by atomic mass is 32.2. The quantitative estimate of drug-likeness (QED) is 0.409. The number of benzene rings is 2. The van der Waals surface area contributed by atoms with Crippen molar-refractivity contribution in [1.29, 1.82) is 0 Å². The van der Waals surface area contributed by atoms with Crippen LogP contribution >= 0.6 is 11.8 Å². The summed E-state index contributed by atoms with van der Waals surface area (Å²) in [4.78, 5) is 18.5. The molecule has 2 heterocycles. The van der Waals surface area contributed by atoms with Gasteiger partial charge in [0.1, 0.15) is 5.82 Å². The van der Waals surface area contributed by atoms with Gasteiger partial charge < -0.3 is 4.90 Å². The van der Waals surface area contributed by atoms with Gasteiger partial charge >= 0.3 is 0 Å². The van der Waals surface area contributed by atoms with Gasteiger partial charge in [-0.2, -0.15) is 0 Å². The number of amides is 1. The van der Waals surface area contributed by atoms with Gasteiger partial charge in [-0.15, -0.1) is 10.2 Å². The van der Waals surface area contributed by atoms with Crippen molar-refractivity contribution in [2.24, 2.45) is 0 Å². The molecule has 0 saturated heterocycles. The van der Waals surface area contributed by atoms with Crippen LogP contribution in [0.2, 0.25) is 0 Å². The predicted octanol–water partition coefficient (Wildman–Crippen LogP) is 4.22. The summed E-state index contributed by atoms with van der Waals surface area (Å²) in [5.41, 5.74) is 2.61. The van der Waals surface area contributed by atoms with Gasteiger partial charge in [-0.25, -0.2) is 4.39 Å². The molecule has 0 N–H and O–H groups in total. The topological polar surface area (TPSA) is 63.9 Å². The van der Waals surface area contributed by atoms with E-state index in [1.54, 1.807) is 36.5 Å². The van der Waals surface area contributed by atoms with Crippen LogP contribution < -0.4 is 0 Å². The molecule has 2 aromatic carbocycles. The normalized spacial score (nSPS) is 10.8. The summed E-state index contributed by atoms with van der Waals surface area (Å²) in [5, 5.41) is 9.30. The molecule has 156 valence electrons. The summed E-state index contributed by atoms with van der Waals surface area (Å²) < 4.78 is 15.0. The Kier molecular flexibility index (Phi) is 6.37. The molecule has 8 heteroatoms. The number of nitrogens with zero attached hydrogens (tertiary/aromatic N) is 5. The smallest absolute Gasteiger partial charge is 0.233 e. The van der Waals surface area contributed by atoms with Gasteiger partial charge in [-0.05, 0) is 42.0 Å². The third-order valence-electron chi connectivity index (χ3n) is 4.65. The van der Waals surface area contributed by atoms with E-state index in [1.807, 2.05) is 47.0 Å². The van der Waals surface area contributed by atoms with E-state index in [4.69, 9.17) is 0 Å². The van der Waals surface area contributed by atoms with Crippen LogP contribution in [0.5, 0.6) is 0 Å². The fourth-order valence-electron chi connectivity index (χ4n) is 3.04. The number of halogens is 1. The first-order valence-corrected chi connectivity index (χ1v) is 10.6. The molecule has 2 aromatic heterocycles. The fourth-order valence-corrected chi connectivity index (χ4v) is 3.94. The summed E-state index contributed by atoms with van der Waals surface area (Å²) in [6.07, 6.45) is 3.44. The number of hydrogen-bond donors (Lipinski definition) is 0. The summed E-state index contributed by atoms with van der Waals surface area (Å²) in [6, 6.07) is 19.7. The van der Waals surface area contributed by atoms with E-state index in [1.165, 1.54) is 23.9 Å². The summed E-state index contributed by atoms with van der Waals surface area (Å²) >= 11 is 1.32. The van der Waals surface area contributed by atoms with E-state index in [2.05, 4.69) is 15.2 Å². The van der Waals surface area contributed by atoms with Gasteiger partial charge in [0.05, 0.1) is 5.75 Å². The molecule has 0 bridgehead atoms. The predicted molar refractivity (Wildman–Crippen MR) is 118 cm³/mol. The zero-order valence-corrected chi connectivity index (χ0v) is 17.7. The van der Waals surface area contributed by atoms with Crippen LogP contribution in [0.3, 0.4) is 0 Å². The van der Waals surface area contributed by atoms with Crippen LogP contribution in [0.25, 0.3) is 17.1 Å². The molecular formula is C23H20FN5OS. The Morgan fingerprint density at radius 3 is 2.52 bits per heavy atom. The lowest BCUT2D eigenvalue weighted by Crippen LogP contribution is -2.27. The zero-order valence-electron chi connectivity index (χ0n) is 16.9. The molecule has 0 aliphatic carbocycles. The minimum absolute atomic E-state index is 0.0557. The molecule has 0 aliphatic rings. The average molecular weight is 434 g/mol. The van der Waals surface area contributed by atoms with Gasteiger partial charge in [-0.3, -0.25) is 14.3 Å². The van der Waals surface area contributed by atoms with Crippen LogP contribution in [0, 0.1) is 5.82 Å². The molecule has 0 aliphatic heterocycles. The van der Waals surface area contributed by atoms with Crippen molar-refractivity contribution in [2.45, 2.75) is 11.7 Å². The van der Waals surface area contributed by atoms with Crippen LogP contribution in [0.15, 0.2) is 84.3 Å². The van der Waals surface area contributed by atoms with Crippen LogP contribution in [0.4, 0.5) is 4.39 Å². The molecule has 0 fully saturated rings. The molecule has 0 radical (unpaired) electrons. The monoisotopic (exact) mass is 433 g/mol. The Bertz CT molecular complexity index is 1150. The highest BCUT2D eigenvalue weighted by Crippen LogP contribution is 2.27. The minimum Gasteiger partial charge on any atom is -0.341 e. The number of aromatic nitrogens is 4. The second-order valence-corrected chi connectivity index (χ2v) is 7.83. The Morgan fingerprint density at radius 2 is 1.81 bits per heavy atom. The van der Waals surface area contributed by atoms with E-state index in [-0.39, 0.29) is 17.5 Å². The molecule has 0 spiro atoms. The first kappa shape index (κ1) is 20.7. The highest BCUT2D eigenvalue weighted by Gasteiger charge is 2.18. The van der Waals surface area contributed by atoms with Crippen molar-refractivity contribution in [2.75, 3.05) is 12.8 Å². The zero-order chi connectivity index (χ0) is 21.6. The number of pyridine rings is 1. The molecule has 4 aromatic rings. The molecule has 0 unspecified atom stereocenters. The lowest BCUT2D eigenvalue weighted by molar-refractivity contribution is -0.127. The standard InChI is InChI=1S/C23H20FN5OS/c1-28(15-17-9-11-19(24)12-10-17)21(30)16-31-23-27-26-22(18-6-5-13-25-14-18)29(23)20-7-3-2-4-8-20/h2-14H,15-16H2,1H3. The van der Waals surface area contributed by atoms with Gasteiger partial charge in [0.15, 0.2) is 11.0 Å². The number of carbonyl (C=O) groups is 1. The molecule has 0 saturated carbocycles. The Hall–Kier alpha value is -3.52. The number of para-hydroxylation sites is 1. The number of carbonyl (C=O) groups excluding carboxylic acids is 1. The van der Waals surface area contributed by atoms with Gasteiger partial charge in [0, 0.05) is 37.2 Å². The first-order chi connectivity index (χ1) is 15.1. The SMILES string of the molecule is CN(Cc1ccc(F)cc1)C(=O)CSc1nnc(-c2cccnc2)n1-c1ccccc1. The number of hydrogen-bond acceptors (Lipinski definition) is 5. The first-order valence-electron chi connectivity index (χ1n) is 9.64. The van der Waals surface area contributed by atoms with E-state index in [9.17, 15) is 9.18 Å². The number of rotatable bonds is 7. The Labute approximate surface area is 183 Å². The van der Waals surface area contributed by atoms with Crippen molar-refractivity contribution < 1.29 is 9.18 Å². The second-order valence-electron chi connectivity index (χ2n) is 6.88. The molecular weight excluding hydrogens is 413 g/mol. The summed E-state index contributed by atoms with van der Waals surface area (Å²) in [7, 11) is 1.73. The van der Waals surface area contributed by atoms with E-state index < -0.39 is 0 Å².